The molecule has 0 amide bonds. The Morgan fingerprint density at radius 2 is 1.86 bits per heavy atom. The van der Waals surface area contributed by atoms with Crippen LogP contribution in [0.15, 0.2) is 4.90 Å². The van der Waals surface area contributed by atoms with E-state index in [-0.39, 0.29) is 4.90 Å². The van der Waals surface area contributed by atoms with Crippen LogP contribution in [0, 0.1) is 19.8 Å². The van der Waals surface area contributed by atoms with Crippen molar-refractivity contribution in [1.29, 1.82) is 0 Å². The van der Waals surface area contributed by atoms with Crippen molar-refractivity contribution >= 4 is 16.0 Å². The van der Waals surface area contributed by atoms with Crippen LogP contribution in [0.5, 0.6) is 0 Å². The number of carboxylic acids is 1. The normalized spacial score (nSPS) is 13.9. The van der Waals surface area contributed by atoms with Gasteiger partial charge in [0.25, 0.3) is 0 Å². The van der Waals surface area contributed by atoms with Gasteiger partial charge in [-0.25, -0.2) is 8.42 Å². The molecule has 0 aliphatic rings. The highest BCUT2D eigenvalue weighted by Crippen LogP contribution is 2.24. The number of sulfonamides is 1. The van der Waals surface area contributed by atoms with Crippen molar-refractivity contribution in [2.75, 3.05) is 7.05 Å². The summed E-state index contributed by atoms with van der Waals surface area (Å²) in [4.78, 5) is 11.1. The molecule has 7 nitrogen and oxygen atoms in total. The van der Waals surface area contributed by atoms with E-state index in [1.165, 1.54) is 14.0 Å². The highest BCUT2D eigenvalue weighted by Gasteiger charge is 2.34. The van der Waals surface area contributed by atoms with E-state index in [1.54, 1.807) is 18.5 Å². The molecule has 1 heterocycles. The number of carboxylic acid groups (broad SMARTS) is 1. The third kappa shape index (κ3) is 3.44. The van der Waals surface area contributed by atoms with Crippen LogP contribution in [-0.2, 0) is 21.4 Å². The third-order valence-corrected chi connectivity index (χ3v) is 5.57. The molecule has 1 N–H and O–H groups in total. The molecule has 0 aliphatic carbocycles. The predicted octanol–water partition coefficient (Wildman–Crippen LogP) is 1.25. The monoisotopic (exact) mass is 317 g/mol. The molecular formula is C13H23N3O4S. The largest absolute Gasteiger partial charge is 0.480 e. The van der Waals surface area contributed by atoms with E-state index in [0.717, 1.165) is 4.31 Å². The lowest BCUT2D eigenvalue weighted by Gasteiger charge is -2.21. The van der Waals surface area contributed by atoms with E-state index < -0.39 is 22.0 Å². The Kier molecular flexibility index (Phi) is 5.16. The molecule has 0 fully saturated rings. The number of aryl methyl sites for hydroxylation is 1. The van der Waals surface area contributed by atoms with Crippen molar-refractivity contribution in [3.8, 4) is 0 Å². The van der Waals surface area contributed by atoms with Crippen LogP contribution in [0.3, 0.4) is 0 Å². The smallest absolute Gasteiger partial charge is 0.321 e. The number of carbonyl (C=O) groups is 1. The second-order valence-electron chi connectivity index (χ2n) is 5.61. The van der Waals surface area contributed by atoms with Crippen molar-refractivity contribution < 1.29 is 18.3 Å². The van der Waals surface area contributed by atoms with E-state index in [9.17, 15) is 13.2 Å². The van der Waals surface area contributed by atoms with Crippen LogP contribution in [0.1, 0.15) is 32.2 Å². The van der Waals surface area contributed by atoms with Gasteiger partial charge in [-0.15, -0.1) is 0 Å². The van der Waals surface area contributed by atoms with Gasteiger partial charge in [-0.2, -0.15) is 9.40 Å². The summed E-state index contributed by atoms with van der Waals surface area (Å²) in [5, 5.41) is 13.3. The fourth-order valence-electron chi connectivity index (χ4n) is 2.09. The van der Waals surface area contributed by atoms with Crippen molar-refractivity contribution in [2.45, 2.75) is 52.1 Å². The summed E-state index contributed by atoms with van der Waals surface area (Å²) in [6.07, 6.45) is 0. The van der Waals surface area contributed by atoms with Gasteiger partial charge in [0.15, 0.2) is 0 Å². The number of hydrogen-bond donors (Lipinski definition) is 1. The molecule has 21 heavy (non-hydrogen) atoms. The lowest BCUT2D eigenvalue weighted by molar-refractivity contribution is -0.140. The molecule has 0 aliphatic heterocycles. The SMILES string of the molecule is Cc1nn(CC(C)C)c(C)c1S(=O)(=O)N(C)C(C)C(=O)O. The molecule has 0 aromatic carbocycles. The first-order valence-corrected chi connectivity index (χ1v) is 8.19. The number of aliphatic carboxylic acids is 1. The molecule has 1 atom stereocenters. The minimum atomic E-state index is -3.89. The van der Waals surface area contributed by atoms with E-state index in [4.69, 9.17) is 5.11 Å². The van der Waals surface area contributed by atoms with Gasteiger partial charge in [0, 0.05) is 13.6 Å². The van der Waals surface area contributed by atoms with Crippen LogP contribution in [0.25, 0.3) is 0 Å². The van der Waals surface area contributed by atoms with Gasteiger partial charge in [0.05, 0.1) is 11.4 Å². The zero-order valence-electron chi connectivity index (χ0n) is 13.3. The fourth-order valence-corrected chi connectivity index (χ4v) is 3.77. The fraction of sp³-hybridized carbons (Fsp3) is 0.692. The van der Waals surface area contributed by atoms with E-state index in [2.05, 4.69) is 5.10 Å². The van der Waals surface area contributed by atoms with Gasteiger partial charge in [-0.1, -0.05) is 13.8 Å². The van der Waals surface area contributed by atoms with Crippen molar-refractivity contribution in [3.05, 3.63) is 11.4 Å². The molecule has 1 unspecified atom stereocenters. The minimum Gasteiger partial charge on any atom is -0.480 e. The summed E-state index contributed by atoms with van der Waals surface area (Å²) < 4.78 is 27.8. The van der Waals surface area contributed by atoms with Gasteiger partial charge in [0.1, 0.15) is 10.9 Å². The Hall–Kier alpha value is -1.41. The van der Waals surface area contributed by atoms with Gasteiger partial charge in [-0.3, -0.25) is 9.48 Å². The molecule has 0 saturated heterocycles. The minimum absolute atomic E-state index is 0.0961. The summed E-state index contributed by atoms with van der Waals surface area (Å²) in [7, 11) is -2.62. The molecule has 1 aromatic rings. The van der Waals surface area contributed by atoms with Gasteiger partial charge < -0.3 is 5.11 Å². The zero-order valence-corrected chi connectivity index (χ0v) is 14.1. The van der Waals surface area contributed by atoms with E-state index in [0.29, 0.717) is 23.9 Å². The Balaban J connectivity index is 3.33. The maximum absolute atomic E-state index is 12.6. The van der Waals surface area contributed by atoms with Gasteiger partial charge in [-0.05, 0) is 26.7 Å². The van der Waals surface area contributed by atoms with Crippen molar-refractivity contribution in [2.24, 2.45) is 5.92 Å². The second kappa shape index (κ2) is 6.15. The quantitative estimate of drug-likeness (QED) is 0.852. The molecule has 0 saturated carbocycles. The summed E-state index contributed by atoms with van der Waals surface area (Å²) in [5.74, 6) is -0.861. The average molecular weight is 317 g/mol. The maximum atomic E-state index is 12.6. The van der Waals surface area contributed by atoms with Crippen LogP contribution in [0.2, 0.25) is 0 Å². The van der Waals surface area contributed by atoms with E-state index >= 15 is 0 Å². The van der Waals surface area contributed by atoms with E-state index in [1.807, 2.05) is 13.8 Å². The molecule has 8 heteroatoms. The van der Waals surface area contributed by atoms with Crippen LogP contribution >= 0.6 is 0 Å². The van der Waals surface area contributed by atoms with Crippen molar-refractivity contribution in [3.63, 3.8) is 0 Å². The third-order valence-electron chi connectivity index (χ3n) is 3.39. The second-order valence-corrected chi connectivity index (χ2v) is 7.55. The molecule has 120 valence electrons. The topological polar surface area (TPSA) is 92.5 Å². The highest BCUT2D eigenvalue weighted by molar-refractivity contribution is 7.89. The molecule has 1 aromatic heterocycles. The first-order valence-electron chi connectivity index (χ1n) is 6.75. The molecule has 0 radical (unpaired) electrons. The summed E-state index contributed by atoms with van der Waals surface area (Å²) in [6.45, 7) is 9.29. The summed E-state index contributed by atoms with van der Waals surface area (Å²) >= 11 is 0. The summed E-state index contributed by atoms with van der Waals surface area (Å²) in [6, 6.07) is -1.14. The van der Waals surface area contributed by atoms with Gasteiger partial charge in [0.2, 0.25) is 10.0 Å². The van der Waals surface area contributed by atoms with Crippen LogP contribution < -0.4 is 0 Å². The first kappa shape index (κ1) is 17.6. The molecule has 1 rings (SSSR count). The van der Waals surface area contributed by atoms with Crippen LogP contribution in [0.4, 0.5) is 0 Å². The predicted molar refractivity (Wildman–Crippen MR) is 78.6 cm³/mol. The van der Waals surface area contributed by atoms with Gasteiger partial charge >= 0.3 is 5.97 Å². The molecule has 0 bridgehead atoms. The Morgan fingerprint density at radius 3 is 2.29 bits per heavy atom. The number of hydrogen-bond acceptors (Lipinski definition) is 4. The lowest BCUT2D eigenvalue weighted by atomic mass is 10.2. The van der Waals surface area contributed by atoms with Crippen molar-refractivity contribution in [1.82, 2.24) is 14.1 Å². The molecule has 0 spiro atoms. The first-order chi connectivity index (χ1) is 9.50. The van der Waals surface area contributed by atoms with Crippen LogP contribution in [-0.4, -0.2) is 46.7 Å². The Labute approximate surface area is 125 Å². The standard InChI is InChI=1S/C13H23N3O4S/c1-8(2)7-16-10(4)12(9(3)14-16)21(19,20)15(6)11(5)13(17)18/h8,11H,7H2,1-6H3,(H,17,18). The molecular weight excluding hydrogens is 294 g/mol. The highest BCUT2D eigenvalue weighted by atomic mass is 32.2. The number of likely N-dealkylation sites (N-methyl/N-ethyl adjacent to an activating group) is 1. The lowest BCUT2D eigenvalue weighted by Crippen LogP contribution is -2.40. The maximum Gasteiger partial charge on any atom is 0.321 e. The number of rotatable bonds is 6. The Morgan fingerprint density at radius 1 is 1.33 bits per heavy atom. The Bertz CT molecular complexity index is 634. The zero-order chi connectivity index (χ0) is 16.5. The number of nitrogens with zero attached hydrogens (tertiary/aromatic N) is 3. The average Bonchev–Trinajstić information content (AvgIpc) is 2.61. The number of aromatic nitrogens is 2. The summed E-state index contributed by atoms with van der Waals surface area (Å²) in [5.41, 5.74) is 0.920.